The Balaban J connectivity index is 2.09. The first kappa shape index (κ1) is 17.1. The van der Waals surface area contributed by atoms with E-state index >= 15 is 0 Å². The Morgan fingerprint density at radius 3 is 2.65 bits per heavy atom. The van der Waals surface area contributed by atoms with Crippen LogP contribution in [-0.4, -0.2) is 31.7 Å². The quantitative estimate of drug-likeness (QED) is 0.771. The van der Waals surface area contributed by atoms with Crippen molar-refractivity contribution in [3.63, 3.8) is 0 Å². The van der Waals surface area contributed by atoms with Gasteiger partial charge in [0.15, 0.2) is 11.5 Å². The van der Waals surface area contributed by atoms with Gasteiger partial charge in [-0.2, -0.15) is 0 Å². The number of carbonyl (C=O) groups is 1. The zero-order chi connectivity index (χ0) is 16.8. The van der Waals surface area contributed by atoms with E-state index in [9.17, 15) is 4.79 Å². The molecule has 0 saturated heterocycles. The molecule has 2 rings (SSSR count). The lowest BCUT2D eigenvalue weighted by molar-refractivity contribution is 0.100. The van der Waals surface area contributed by atoms with E-state index < -0.39 is 5.91 Å². The lowest BCUT2D eigenvalue weighted by Crippen LogP contribution is -2.16. The molecular formula is C16H18BrN3O3. The van der Waals surface area contributed by atoms with E-state index in [1.165, 1.54) is 0 Å². The number of benzene rings is 1. The van der Waals surface area contributed by atoms with E-state index in [1.54, 1.807) is 32.5 Å². The van der Waals surface area contributed by atoms with Crippen molar-refractivity contribution in [2.75, 3.05) is 26.1 Å². The lowest BCUT2D eigenvalue weighted by atomic mass is 10.1. The maximum Gasteiger partial charge on any atom is 0.252 e. The molecule has 122 valence electrons. The standard InChI is InChI=1S/C16H18BrN3O3/c1-22-13-8-10(12(17)9-14(13)23-2)5-7-20-16-11(15(18)21)4-3-6-19-16/h3-4,6,8-9H,5,7H2,1-2H3,(H2,18,21)(H,19,20). The van der Waals surface area contributed by atoms with Gasteiger partial charge in [0.25, 0.3) is 5.91 Å². The van der Waals surface area contributed by atoms with Crippen molar-refractivity contribution >= 4 is 27.7 Å². The van der Waals surface area contributed by atoms with Gasteiger partial charge in [-0.15, -0.1) is 0 Å². The Labute approximate surface area is 143 Å². The third-order valence-electron chi connectivity index (χ3n) is 3.31. The predicted octanol–water partition coefficient (Wildman–Crippen LogP) is 2.61. The predicted molar refractivity (Wildman–Crippen MR) is 92.2 cm³/mol. The SMILES string of the molecule is COc1cc(Br)c(CCNc2ncccc2C(N)=O)cc1OC. The van der Waals surface area contributed by atoms with Crippen LogP contribution >= 0.6 is 15.9 Å². The van der Waals surface area contributed by atoms with Crippen LogP contribution in [0.25, 0.3) is 0 Å². The average molecular weight is 380 g/mol. The molecule has 3 N–H and O–H groups in total. The van der Waals surface area contributed by atoms with Crippen molar-refractivity contribution in [1.29, 1.82) is 0 Å². The van der Waals surface area contributed by atoms with Gasteiger partial charge >= 0.3 is 0 Å². The number of ether oxygens (including phenoxy) is 2. The number of hydrogen-bond acceptors (Lipinski definition) is 5. The molecule has 7 heteroatoms. The molecule has 0 spiro atoms. The molecule has 0 bridgehead atoms. The maximum atomic E-state index is 11.4. The van der Waals surface area contributed by atoms with Crippen LogP contribution in [0.2, 0.25) is 0 Å². The molecule has 23 heavy (non-hydrogen) atoms. The first-order valence-electron chi connectivity index (χ1n) is 6.96. The first-order valence-corrected chi connectivity index (χ1v) is 7.75. The highest BCUT2D eigenvalue weighted by atomic mass is 79.9. The number of rotatable bonds is 7. The molecule has 0 atom stereocenters. The third kappa shape index (κ3) is 4.13. The number of pyridine rings is 1. The van der Waals surface area contributed by atoms with Crippen molar-refractivity contribution in [3.8, 4) is 11.5 Å². The molecule has 0 aliphatic carbocycles. The fraction of sp³-hybridized carbons (Fsp3) is 0.250. The summed E-state index contributed by atoms with van der Waals surface area (Å²) in [5.74, 6) is 1.31. The smallest absolute Gasteiger partial charge is 0.252 e. The Hall–Kier alpha value is -2.28. The summed E-state index contributed by atoms with van der Waals surface area (Å²) in [5.41, 5.74) is 6.76. The van der Waals surface area contributed by atoms with Crippen LogP contribution in [-0.2, 0) is 6.42 Å². The monoisotopic (exact) mass is 379 g/mol. The van der Waals surface area contributed by atoms with Gasteiger partial charge in [0.1, 0.15) is 5.82 Å². The van der Waals surface area contributed by atoms with Gasteiger partial charge < -0.3 is 20.5 Å². The number of amides is 1. The molecule has 0 aliphatic rings. The van der Waals surface area contributed by atoms with Gasteiger partial charge in [-0.25, -0.2) is 4.98 Å². The van der Waals surface area contributed by atoms with E-state index in [0.29, 0.717) is 35.8 Å². The average Bonchev–Trinajstić information content (AvgIpc) is 2.56. The molecule has 1 amide bonds. The van der Waals surface area contributed by atoms with Gasteiger partial charge in [-0.3, -0.25) is 4.79 Å². The number of nitrogens with one attached hydrogen (secondary N) is 1. The molecule has 0 saturated carbocycles. The Kier molecular flexibility index (Phi) is 5.81. The molecular weight excluding hydrogens is 362 g/mol. The van der Waals surface area contributed by atoms with Crippen LogP contribution in [0.1, 0.15) is 15.9 Å². The fourth-order valence-corrected chi connectivity index (χ4v) is 2.67. The lowest BCUT2D eigenvalue weighted by Gasteiger charge is -2.13. The molecule has 6 nitrogen and oxygen atoms in total. The van der Waals surface area contributed by atoms with Crippen molar-refractivity contribution < 1.29 is 14.3 Å². The van der Waals surface area contributed by atoms with Gasteiger partial charge in [-0.05, 0) is 36.2 Å². The summed E-state index contributed by atoms with van der Waals surface area (Å²) in [5, 5.41) is 3.13. The number of nitrogens with zero attached hydrogens (tertiary/aromatic N) is 1. The highest BCUT2D eigenvalue weighted by Gasteiger charge is 2.11. The van der Waals surface area contributed by atoms with Crippen LogP contribution in [0.4, 0.5) is 5.82 Å². The molecule has 1 heterocycles. The zero-order valence-corrected chi connectivity index (χ0v) is 14.5. The molecule has 0 aliphatic heterocycles. The minimum Gasteiger partial charge on any atom is -0.493 e. The van der Waals surface area contributed by atoms with Crippen LogP contribution in [0, 0.1) is 0 Å². The number of aromatic nitrogens is 1. The van der Waals surface area contributed by atoms with Gasteiger partial charge in [0.2, 0.25) is 0 Å². The van der Waals surface area contributed by atoms with Crippen LogP contribution in [0.3, 0.4) is 0 Å². The molecule has 1 aromatic carbocycles. The van der Waals surface area contributed by atoms with E-state index in [0.717, 1.165) is 10.0 Å². The minimum absolute atomic E-state index is 0.374. The number of primary amides is 1. The molecule has 0 unspecified atom stereocenters. The molecule has 1 aromatic heterocycles. The fourth-order valence-electron chi connectivity index (χ4n) is 2.15. The number of nitrogens with two attached hydrogens (primary N) is 1. The van der Waals surface area contributed by atoms with Crippen molar-refractivity contribution in [3.05, 3.63) is 46.1 Å². The van der Waals surface area contributed by atoms with Gasteiger partial charge in [0, 0.05) is 17.2 Å². The summed E-state index contributed by atoms with van der Waals surface area (Å²) in [7, 11) is 3.19. The Bertz CT molecular complexity index is 707. The summed E-state index contributed by atoms with van der Waals surface area (Å²) in [6, 6.07) is 7.10. The number of methoxy groups -OCH3 is 2. The number of anilines is 1. The highest BCUT2D eigenvalue weighted by Crippen LogP contribution is 2.33. The summed E-state index contributed by atoms with van der Waals surface area (Å²) in [4.78, 5) is 15.5. The second-order valence-corrected chi connectivity index (χ2v) is 5.59. The van der Waals surface area contributed by atoms with Crippen molar-refractivity contribution in [1.82, 2.24) is 4.98 Å². The highest BCUT2D eigenvalue weighted by molar-refractivity contribution is 9.10. The number of carbonyl (C=O) groups excluding carboxylic acids is 1. The molecule has 0 radical (unpaired) electrons. The van der Waals surface area contributed by atoms with Gasteiger partial charge in [-0.1, -0.05) is 15.9 Å². The van der Waals surface area contributed by atoms with E-state index in [-0.39, 0.29) is 0 Å². The topological polar surface area (TPSA) is 86.5 Å². The second kappa shape index (κ2) is 7.82. The maximum absolute atomic E-state index is 11.4. The van der Waals surface area contributed by atoms with Crippen molar-refractivity contribution in [2.24, 2.45) is 5.73 Å². The largest absolute Gasteiger partial charge is 0.493 e. The summed E-state index contributed by atoms with van der Waals surface area (Å²) < 4.78 is 11.5. The normalized spacial score (nSPS) is 10.2. The summed E-state index contributed by atoms with van der Waals surface area (Å²) in [6.45, 7) is 0.589. The second-order valence-electron chi connectivity index (χ2n) is 4.74. The van der Waals surface area contributed by atoms with E-state index in [1.807, 2.05) is 12.1 Å². The van der Waals surface area contributed by atoms with Crippen LogP contribution < -0.4 is 20.5 Å². The Morgan fingerprint density at radius 1 is 1.30 bits per heavy atom. The first-order chi connectivity index (χ1) is 11.1. The van der Waals surface area contributed by atoms with Crippen molar-refractivity contribution in [2.45, 2.75) is 6.42 Å². The summed E-state index contributed by atoms with van der Waals surface area (Å²) >= 11 is 3.52. The number of hydrogen-bond donors (Lipinski definition) is 2. The molecule has 0 fully saturated rings. The van der Waals surface area contributed by atoms with Crippen LogP contribution in [0.15, 0.2) is 34.9 Å². The molecule has 2 aromatic rings. The Morgan fingerprint density at radius 2 is 2.00 bits per heavy atom. The van der Waals surface area contributed by atoms with Gasteiger partial charge in [0.05, 0.1) is 19.8 Å². The van der Waals surface area contributed by atoms with E-state index in [2.05, 4.69) is 26.2 Å². The minimum atomic E-state index is -0.507. The van der Waals surface area contributed by atoms with Crippen LogP contribution in [0.5, 0.6) is 11.5 Å². The zero-order valence-electron chi connectivity index (χ0n) is 12.9. The van der Waals surface area contributed by atoms with E-state index in [4.69, 9.17) is 15.2 Å². The third-order valence-corrected chi connectivity index (χ3v) is 4.05. The summed E-state index contributed by atoms with van der Waals surface area (Å²) in [6.07, 6.45) is 2.32. The number of halogens is 1.